The van der Waals surface area contributed by atoms with E-state index in [0.29, 0.717) is 17.9 Å². The molecule has 2 rings (SSSR count). The Balaban J connectivity index is 2.19. The van der Waals surface area contributed by atoms with Gasteiger partial charge in [-0.1, -0.05) is 0 Å². The first-order valence-electron chi connectivity index (χ1n) is 5.25. The predicted molar refractivity (Wildman–Crippen MR) is 77.0 cm³/mol. The Labute approximate surface area is 122 Å². The van der Waals surface area contributed by atoms with E-state index >= 15 is 0 Å². The van der Waals surface area contributed by atoms with Crippen molar-refractivity contribution in [3.05, 3.63) is 50.8 Å². The molecule has 0 bridgehead atoms. The summed E-state index contributed by atoms with van der Waals surface area (Å²) in [6.45, 7) is 0. The lowest BCUT2D eigenvalue weighted by Gasteiger charge is -2.12. The zero-order chi connectivity index (χ0) is 13.1. The average Bonchev–Trinajstić information content (AvgIpc) is 2.28. The number of pyridine rings is 2. The van der Waals surface area contributed by atoms with Gasteiger partial charge in [-0.15, -0.1) is 0 Å². The van der Waals surface area contributed by atoms with Gasteiger partial charge >= 0.3 is 0 Å². The Morgan fingerprint density at radius 1 is 1.28 bits per heavy atom. The average molecular weight is 373 g/mol. The van der Waals surface area contributed by atoms with E-state index in [-0.39, 0.29) is 0 Å². The lowest BCUT2D eigenvalue weighted by molar-refractivity contribution is 0.172. The molecule has 94 valence electrons. The molecule has 0 aliphatic carbocycles. The van der Waals surface area contributed by atoms with Gasteiger partial charge in [0.05, 0.1) is 5.69 Å². The summed E-state index contributed by atoms with van der Waals surface area (Å²) in [6.07, 6.45) is 3.04. The number of aliphatic hydroxyl groups excluding tert-OH is 1. The van der Waals surface area contributed by atoms with E-state index in [4.69, 9.17) is 5.73 Å². The minimum absolute atomic E-state index is 0.444. The summed E-state index contributed by atoms with van der Waals surface area (Å²) in [5.74, 6) is 0.447. The zero-order valence-electron chi connectivity index (χ0n) is 9.35. The number of nitrogens with two attached hydrogens (primary N) is 1. The maximum atomic E-state index is 10.2. The fourth-order valence-corrected chi connectivity index (χ4v) is 2.86. The molecular weight excluding hydrogens is 362 g/mol. The summed E-state index contributed by atoms with van der Waals surface area (Å²) in [5, 5.41) is 10.2. The second-order valence-electron chi connectivity index (χ2n) is 3.83. The number of aliphatic hydroxyl groups is 1. The van der Waals surface area contributed by atoms with Crippen LogP contribution in [-0.4, -0.2) is 15.1 Å². The molecule has 18 heavy (non-hydrogen) atoms. The molecule has 0 spiro atoms. The lowest BCUT2D eigenvalue weighted by atomic mass is 10.1. The number of rotatable bonds is 3. The fourth-order valence-electron chi connectivity index (χ4n) is 1.61. The minimum atomic E-state index is -0.686. The van der Waals surface area contributed by atoms with Crippen molar-refractivity contribution >= 4 is 37.7 Å². The maximum absolute atomic E-state index is 10.2. The SMILES string of the molecule is Nc1cc(CC(O)c2ncc(Br)cc2Br)ccn1. The second kappa shape index (κ2) is 5.77. The normalized spacial score (nSPS) is 12.4. The number of aromatic nitrogens is 2. The predicted octanol–water partition coefficient (Wildman–Crippen LogP) is 2.86. The van der Waals surface area contributed by atoms with Crippen LogP contribution < -0.4 is 5.73 Å². The Kier molecular flexibility index (Phi) is 4.31. The van der Waals surface area contributed by atoms with E-state index in [1.165, 1.54) is 0 Å². The van der Waals surface area contributed by atoms with Gasteiger partial charge in [-0.2, -0.15) is 0 Å². The number of anilines is 1. The molecule has 2 heterocycles. The van der Waals surface area contributed by atoms with Crippen LogP contribution in [0.15, 0.2) is 39.5 Å². The number of hydrogen-bond donors (Lipinski definition) is 2. The number of nitrogen functional groups attached to an aromatic ring is 1. The van der Waals surface area contributed by atoms with Crippen molar-refractivity contribution in [3.63, 3.8) is 0 Å². The van der Waals surface area contributed by atoms with Crippen molar-refractivity contribution in [2.75, 3.05) is 5.73 Å². The van der Waals surface area contributed by atoms with Crippen LogP contribution in [-0.2, 0) is 6.42 Å². The van der Waals surface area contributed by atoms with Crippen molar-refractivity contribution in [2.24, 2.45) is 0 Å². The van der Waals surface area contributed by atoms with Gasteiger partial charge in [-0.3, -0.25) is 4.98 Å². The van der Waals surface area contributed by atoms with Gasteiger partial charge in [0.15, 0.2) is 0 Å². The van der Waals surface area contributed by atoms with E-state index in [2.05, 4.69) is 41.8 Å². The summed E-state index contributed by atoms with van der Waals surface area (Å²) in [5.41, 5.74) is 7.13. The molecule has 0 aliphatic rings. The number of nitrogens with zero attached hydrogens (tertiary/aromatic N) is 2. The minimum Gasteiger partial charge on any atom is -0.386 e. The van der Waals surface area contributed by atoms with Gasteiger partial charge in [0.1, 0.15) is 11.9 Å². The monoisotopic (exact) mass is 371 g/mol. The Morgan fingerprint density at radius 3 is 2.72 bits per heavy atom. The molecule has 0 aromatic carbocycles. The third-order valence-electron chi connectivity index (χ3n) is 2.43. The Morgan fingerprint density at radius 2 is 2.06 bits per heavy atom. The van der Waals surface area contributed by atoms with Crippen LogP contribution in [0.2, 0.25) is 0 Å². The number of halogens is 2. The molecule has 2 aromatic heterocycles. The van der Waals surface area contributed by atoms with E-state index < -0.39 is 6.10 Å². The van der Waals surface area contributed by atoms with Crippen LogP contribution in [0.5, 0.6) is 0 Å². The molecule has 6 heteroatoms. The molecule has 0 saturated carbocycles. The highest BCUT2D eigenvalue weighted by molar-refractivity contribution is 9.11. The first-order valence-corrected chi connectivity index (χ1v) is 6.84. The van der Waals surface area contributed by atoms with Gasteiger partial charge in [-0.05, 0) is 55.6 Å². The van der Waals surface area contributed by atoms with Crippen LogP contribution in [0.25, 0.3) is 0 Å². The van der Waals surface area contributed by atoms with Gasteiger partial charge < -0.3 is 10.8 Å². The van der Waals surface area contributed by atoms with E-state index in [0.717, 1.165) is 14.5 Å². The number of hydrogen-bond acceptors (Lipinski definition) is 4. The first-order chi connectivity index (χ1) is 8.56. The Bertz CT molecular complexity index is 563. The van der Waals surface area contributed by atoms with Crippen LogP contribution >= 0.6 is 31.9 Å². The smallest absolute Gasteiger partial charge is 0.123 e. The van der Waals surface area contributed by atoms with Gasteiger partial charge in [0, 0.05) is 27.8 Å². The molecule has 0 radical (unpaired) electrons. The van der Waals surface area contributed by atoms with E-state index in [9.17, 15) is 5.11 Å². The summed E-state index contributed by atoms with van der Waals surface area (Å²) in [7, 11) is 0. The van der Waals surface area contributed by atoms with E-state index in [1.807, 2.05) is 12.1 Å². The molecule has 1 atom stereocenters. The lowest BCUT2D eigenvalue weighted by Crippen LogP contribution is -2.06. The third-order valence-corrected chi connectivity index (χ3v) is 3.50. The van der Waals surface area contributed by atoms with E-state index in [1.54, 1.807) is 18.5 Å². The molecule has 4 nitrogen and oxygen atoms in total. The van der Waals surface area contributed by atoms with Crippen LogP contribution in [0.1, 0.15) is 17.4 Å². The topological polar surface area (TPSA) is 72.0 Å². The quantitative estimate of drug-likeness (QED) is 0.868. The second-order valence-corrected chi connectivity index (χ2v) is 5.60. The van der Waals surface area contributed by atoms with Crippen LogP contribution in [0.4, 0.5) is 5.82 Å². The molecule has 0 amide bonds. The van der Waals surface area contributed by atoms with Gasteiger partial charge in [0.25, 0.3) is 0 Å². The van der Waals surface area contributed by atoms with Crippen molar-refractivity contribution in [2.45, 2.75) is 12.5 Å². The maximum Gasteiger partial charge on any atom is 0.123 e. The van der Waals surface area contributed by atoms with Crippen LogP contribution in [0, 0.1) is 0 Å². The standard InChI is InChI=1S/C12H11Br2N3O/c13-8-5-9(14)12(17-6-8)10(18)3-7-1-2-16-11(15)4-7/h1-2,4-6,10,18H,3H2,(H2,15,16). The third kappa shape index (κ3) is 3.28. The van der Waals surface area contributed by atoms with Gasteiger partial charge in [-0.25, -0.2) is 4.98 Å². The zero-order valence-corrected chi connectivity index (χ0v) is 12.5. The van der Waals surface area contributed by atoms with Crippen LogP contribution in [0.3, 0.4) is 0 Å². The van der Waals surface area contributed by atoms with Crippen molar-refractivity contribution < 1.29 is 5.11 Å². The largest absolute Gasteiger partial charge is 0.386 e. The molecule has 0 fully saturated rings. The molecular formula is C12H11Br2N3O. The summed E-state index contributed by atoms with van der Waals surface area (Å²) < 4.78 is 1.63. The molecule has 0 saturated heterocycles. The summed E-state index contributed by atoms with van der Waals surface area (Å²) >= 11 is 6.71. The highest BCUT2D eigenvalue weighted by Gasteiger charge is 2.14. The fraction of sp³-hybridized carbons (Fsp3) is 0.167. The highest BCUT2D eigenvalue weighted by Crippen LogP contribution is 2.26. The first kappa shape index (κ1) is 13.5. The molecule has 0 aliphatic heterocycles. The summed E-state index contributed by atoms with van der Waals surface area (Å²) in [4.78, 5) is 8.12. The van der Waals surface area contributed by atoms with Gasteiger partial charge in [0.2, 0.25) is 0 Å². The van der Waals surface area contributed by atoms with Crippen molar-refractivity contribution in [1.29, 1.82) is 0 Å². The summed E-state index contributed by atoms with van der Waals surface area (Å²) in [6, 6.07) is 5.43. The Hall–Kier alpha value is -0.980. The molecule has 1 unspecified atom stereocenters. The van der Waals surface area contributed by atoms with Crippen molar-refractivity contribution in [3.8, 4) is 0 Å². The van der Waals surface area contributed by atoms with Crippen molar-refractivity contribution in [1.82, 2.24) is 9.97 Å². The highest BCUT2D eigenvalue weighted by atomic mass is 79.9. The molecule has 3 N–H and O–H groups in total. The molecule has 2 aromatic rings.